The van der Waals surface area contributed by atoms with Crippen molar-refractivity contribution in [3.63, 3.8) is 0 Å². The number of nitrogens with one attached hydrogen (secondary N) is 1. The number of hydrogen-bond acceptors (Lipinski definition) is 2. The van der Waals surface area contributed by atoms with Crippen LogP contribution < -0.4 is 5.32 Å². The summed E-state index contributed by atoms with van der Waals surface area (Å²) in [4.78, 5) is 4.44. The third-order valence-electron chi connectivity index (χ3n) is 2.63. The number of aromatic nitrogens is 2. The standard InChI is InChI=1S/C14H17BrFN3/c1-9(2)7-19-8-10(3)17-14(19)18-13-6-11(16)4-5-12(13)15/h4-6,8-9H,7H2,1-3H3,(H,17,18). The molecule has 5 heteroatoms. The fourth-order valence-electron chi connectivity index (χ4n) is 1.89. The number of hydrogen-bond donors (Lipinski definition) is 1. The molecule has 102 valence electrons. The molecule has 1 aromatic heterocycles. The van der Waals surface area contributed by atoms with Crippen molar-refractivity contribution in [1.82, 2.24) is 9.55 Å². The summed E-state index contributed by atoms with van der Waals surface area (Å²) in [5, 5.41) is 3.17. The Morgan fingerprint density at radius 2 is 2.16 bits per heavy atom. The van der Waals surface area contributed by atoms with Crippen molar-refractivity contribution in [2.75, 3.05) is 5.32 Å². The molecule has 0 fully saturated rings. The Morgan fingerprint density at radius 1 is 1.42 bits per heavy atom. The molecule has 0 saturated carbocycles. The predicted molar refractivity (Wildman–Crippen MR) is 79.2 cm³/mol. The fraction of sp³-hybridized carbons (Fsp3) is 0.357. The quantitative estimate of drug-likeness (QED) is 0.897. The van der Waals surface area contributed by atoms with E-state index in [1.807, 2.05) is 13.1 Å². The van der Waals surface area contributed by atoms with Crippen molar-refractivity contribution in [1.29, 1.82) is 0 Å². The van der Waals surface area contributed by atoms with Gasteiger partial charge in [0, 0.05) is 17.2 Å². The van der Waals surface area contributed by atoms with Crippen LogP contribution in [-0.2, 0) is 6.54 Å². The van der Waals surface area contributed by atoms with Crippen molar-refractivity contribution in [2.45, 2.75) is 27.3 Å². The number of rotatable bonds is 4. The molecular weight excluding hydrogens is 309 g/mol. The zero-order valence-corrected chi connectivity index (χ0v) is 12.8. The molecule has 0 unspecified atom stereocenters. The lowest BCUT2D eigenvalue weighted by molar-refractivity contribution is 0.527. The highest BCUT2D eigenvalue weighted by Crippen LogP contribution is 2.26. The lowest BCUT2D eigenvalue weighted by Crippen LogP contribution is -2.07. The monoisotopic (exact) mass is 325 g/mol. The van der Waals surface area contributed by atoms with Crippen LogP contribution in [0.25, 0.3) is 0 Å². The summed E-state index contributed by atoms with van der Waals surface area (Å²) in [5.41, 5.74) is 1.62. The van der Waals surface area contributed by atoms with Gasteiger partial charge in [0.05, 0.1) is 11.4 Å². The van der Waals surface area contributed by atoms with Gasteiger partial charge in [0.25, 0.3) is 0 Å². The van der Waals surface area contributed by atoms with Crippen molar-refractivity contribution in [3.05, 3.63) is 40.4 Å². The van der Waals surface area contributed by atoms with Gasteiger partial charge >= 0.3 is 0 Å². The Labute approximate surface area is 121 Å². The van der Waals surface area contributed by atoms with Crippen molar-refractivity contribution in [2.24, 2.45) is 5.92 Å². The lowest BCUT2D eigenvalue weighted by atomic mass is 10.2. The van der Waals surface area contributed by atoms with Crippen LogP contribution in [0.1, 0.15) is 19.5 Å². The molecule has 2 aromatic rings. The van der Waals surface area contributed by atoms with E-state index in [1.54, 1.807) is 6.07 Å². The minimum absolute atomic E-state index is 0.274. The van der Waals surface area contributed by atoms with Gasteiger partial charge in [-0.25, -0.2) is 9.37 Å². The minimum Gasteiger partial charge on any atom is -0.324 e. The van der Waals surface area contributed by atoms with Gasteiger partial charge in [-0.2, -0.15) is 0 Å². The Kier molecular flexibility index (Phi) is 4.24. The van der Waals surface area contributed by atoms with Gasteiger partial charge in [-0.3, -0.25) is 0 Å². The molecule has 0 aliphatic heterocycles. The number of imidazole rings is 1. The second-order valence-corrected chi connectivity index (χ2v) is 5.86. The first-order chi connectivity index (χ1) is 8.95. The summed E-state index contributed by atoms with van der Waals surface area (Å²) in [6.07, 6.45) is 2.00. The van der Waals surface area contributed by atoms with E-state index in [4.69, 9.17) is 0 Å². The van der Waals surface area contributed by atoms with E-state index in [9.17, 15) is 4.39 Å². The van der Waals surface area contributed by atoms with Crippen molar-refractivity contribution in [3.8, 4) is 0 Å². The zero-order valence-electron chi connectivity index (χ0n) is 11.2. The van der Waals surface area contributed by atoms with E-state index in [1.165, 1.54) is 12.1 Å². The second kappa shape index (κ2) is 5.74. The highest BCUT2D eigenvalue weighted by Gasteiger charge is 2.09. The maximum absolute atomic E-state index is 13.3. The molecular formula is C14H17BrFN3. The lowest BCUT2D eigenvalue weighted by Gasteiger charge is -2.12. The van der Waals surface area contributed by atoms with E-state index in [0.717, 1.165) is 22.7 Å². The van der Waals surface area contributed by atoms with Crippen LogP contribution in [0, 0.1) is 18.7 Å². The topological polar surface area (TPSA) is 29.9 Å². The van der Waals surface area contributed by atoms with Crippen LogP contribution in [0.15, 0.2) is 28.9 Å². The maximum Gasteiger partial charge on any atom is 0.207 e. The molecule has 1 aromatic carbocycles. The molecule has 0 saturated heterocycles. The average molecular weight is 326 g/mol. The summed E-state index contributed by atoms with van der Waals surface area (Å²) in [7, 11) is 0. The molecule has 0 atom stereocenters. The van der Waals surface area contributed by atoms with Gasteiger partial charge in [-0.1, -0.05) is 13.8 Å². The number of anilines is 2. The SMILES string of the molecule is Cc1cn(CC(C)C)c(Nc2cc(F)ccc2Br)n1. The molecule has 2 rings (SSSR count). The largest absolute Gasteiger partial charge is 0.324 e. The fourth-order valence-corrected chi connectivity index (χ4v) is 2.24. The average Bonchev–Trinajstić information content (AvgIpc) is 2.63. The summed E-state index contributed by atoms with van der Waals surface area (Å²) < 4.78 is 16.1. The Morgan fingerprint density at radius 3 is 2.84 bits per heavy atom. The normalized spacial score (nSPS) is 11.1. The number of benzene rings is 1. The highest BCUT2D eigenvalue weighted by atomic mass is 79.9. The molecule has 3 nitrogen and oxygen atoms in total. The van der Waals surface area contributed by atoms with E-state index >= 15 is 0 Å². The molecule has 0 aliphatic carbocycles. The van der Waals surface area contributed by atoms with Crippen LogP contribution in [0.3, 0.4) is 0 Å². The van der Waals surface area contributed by atoms with Crippen LogP contribution in [0.5, 0.6) is 0 Å². The summed E-state index contributed by atoms with van der Waals surface area (Å²) in [5.74, 6) is 0.979. The van der Waals surface area contributed by atoms with Crippen LogP contribution in [0.4, 0.5) is 16.0 Å². The van der Waals surface area contributed by atoms with E-state index in [2.05, 4.69) is 44.6 Å². The van der Waals surface area contributed by atoms with Gasteiger partial charge in [0.1, 0.15) is 5.82 Å². The van der Waals surface area contributed by atoms with Gasteiger partial charge in [-0.15, -0.1) is 0 Å². The van der Waals surface area contributed by atoms with Crippen LogP contribution in [0.2, 0.25) is 0 Å². The first-order valence-electron chi connectivity index (χ1n) is 6.21. The first kappa shape index (κ1) is 14.1. The third-order valence-corrected chi connectivity index (χ3v) is 3.33. The molecule has 1 heterocycles. The maximum atomic E-state index is 13.3. The van der Waals surface area contributed by atoms with Crippen LogP contribution >= 0.6 is 15.9 Å². The molecule has 0 aliphatic rings. The smallest absolute Gasteiger partial charge is 0.207 e. The summed E-state index contributed by atoms with van der Waals surface area (Å²) >= 11 is 3.40. The number of nitrogens with zero attached hydrogens (tertiary/aromatic N) is 2. The number of halogens is 2. The van der Waals surface area contributed by atoms with Gasteiger partial charge < -0.3 is 9.88 Å². The Hall–Kier alpha value is -1.36. The van der Waals surface area contributed by atoms with Crippen molar-refractivity contribution >= 4 is 27.6 Å². The second-order valence-electron chi connectivity index (χ2n) is 5.00. The minimum atomic E-state index is -0.274. The molecule has 0 bridgehead atoms. The molecule has 0 spiro atoms. The van der Waals surface area contributed by atoms with Crippen LogP contribution in [-0.4, -0.2) is 9.55 Å². The molecule has 0 radical (unpaired) electrons. The van der Waals surface area contributed by atoms with Crippen molar-refractivity contribution < 1.29 is 4.39 Å². The predicted octanol–water partition coefficient (Wildman–Crippen LogP) is 4.49. The Balaban J connectivity index is 2.29. The number of aryl methyl sites for hydroxylation is 1. The molecule has 0 amide bonds. The zero-order chi connectivity index (χ0) is 14.0. The molecule has 19 heavy (non-hydrogen) atoms. The third kappa shape index (κ3) is 3.56. The first-order valence-corrected chi connectivity index (χ1v) is 7.01. The van der Waals surface area contributed by atoms with Gasteiger partial charge in [-0.05, 0) is 47.0 Å². The van der Waals surface area contributed by atoms with E-state index in [-0.39, 0.29) is 5.82 Å². The summed E-state index contributed by atoms with van der Waals surface area (Å²) in [6, 6.07) is 4.55. The highest BCUT2D eigenvalue weighted by molar-refractivity contribution is 9.10. The van der Waals surface area contributed by atoms with E-state index in [0.29, 0.717) is 11.6 Å². The van der Waals surface area contributed by atoms with Gasteiger partial charge in [0.2, 0.25) is 5.95 Å². The van der Waals surface area contributed by atoms with Gasteiger partial charge in [0.15, 0.2) is 0 Å². The Bertz CT molecular complexity index is 578. The summed E-state index contributed by atoms with van der Waals surface area (Å²) in [6.45, 7) is 7.12. The molecule has 1 N–H and O–H groups in total. The van der Waals surface area contributed by atoms with E-state index < -0.39 is 0 Å².